The highest BCUT2D eigenvalue weighted by Gasteiger charge is 2.26. The molecule has 3 nitrogen and oxygen atoms in total. The summed E-state index contributed by atoms with van der Waals surface area (Å²) in [7, 11) is -0.264. The molecule has 0 aromatic heterocycles. The first-order valence-corrected chi connectivity index (χ1v) is 5.94. The van der Waals surface area contributed by atoms with Gasteiger partial charge in [-0.25, -0.2) is 0 Å². The number of hydrogen-bond donors (Lipinski definition) is 1. The molecular formula is C14H13BN2O. The van der Waals surface area contributed by atoms with E-state index in [1.807, 2.05) is 42.5 Å². The topological polar surface area (TPSA) is 33.6 Å². The lowest BCUT2D eigenvalue weighted by molar-refractivity contribution is 0.284. The van der Waals surface area contributed by atoms with E-state index in [0.29, 0.717) is 0 Å². The first kappa shape index (κ1) is 11.0. The number of hydroxylamine groups is 1. The molecule has 0 bridgehead atoms. The predicted molar refractivity (Wildman–Crippen MR) is 73.8 cm³/mol. The van der Waals surface area contributed by atoms with Crippen LogP contribution in [0.15, 0.2) is 59.5 Å². The van der Waals surface area contributed by atoms with Crippen molar-refractivity contribution in [3.8, 4) is 0 Å². The second-order valence-electron chi connectivity index (χ2n) is 4.33. The molecule has 0 saturated heterocycles. The highest BCUT2D eigenvalue weighted by molar-refractivity contribution is 6.68. The number of aryl methyl sites for hydroxylation is 1. The van der Waals surface area contributed by atoms with Crippen molar-refractivity contribution in [2.45, 2.75) is 6.92 Å². The Hall–Kier alpha value is -2.07. The molecule has 0 radical (unpaired) electrons. The molecule has 2 aromatic rings. The monoisotopic (exact) mass is 236 g/mol. The summed E-state index contributed by atoms with van der Waals surface area (Å²) in [6, 6.07) is 18.2. The number of rotatable bonds is 2. The lowest BCUT2D eigenvalue weighted by Crippen LogP contribution is -2.31. The second-order valence-corrected chi connectivity index (χ2v) is 4.33. The Morgan fingerprint density at radius 2 is 1.89 bits per heavy atom. The fraction of sp³-hybridized carbons (Fsp3) is 0.0714. The molecule has 88 valence electrons. The normalized spacial score (nSPS) is 14.3. The summed E-state index contributed by atoms with van der Waals surface area (Å²) in [6.07, 6.45) is 0. The van der Waals surface area contributed by atoms with Crippen molar-refractivity contribution >= 4 is 18.3 Å². The zero-order valence-electron chi connectivity index (χ0n) is 10.1. The molecule has 1 heterocycles. The molecule has 3 rings (SSSR count). The van der Waals surface area contributed by atoms with Crippen LogP contribution in [0, 0.1) is 6.92 Å². The van der Waals surface area contributed by atoms with E-state index in [-0.39, 0.29) is 7.05 Å². The highest BCUT2D eigenvalue weighted by atomic mass is 16.6. The molecule has 0 saturated carbocycles. The van der Waals surface area contributed by atoms with E-state index in [9.17, 15) is 0 Å². The Bertz CT molecular complexity index is 583. The van der Waals surface area contributed by atoms with E-state index >= 15 is 0 Å². The van der Waals surface area contributed by atoms with Gasteiger partial charge in [-0.15, -0.1) is 0 Å². The summed E-state index contributed by atoms with van der Waals surface area (Å²) in [5, 5.41) is 0. The van der Waals surface area contributed by atoms with Crippen LogP contribution in [0.25, 0.3) is 0 Å². The van der Waals surface area contributed by atoms with Crippen LogP contribution >= 0.6 is 0 Å². The Morgan fingerprint density at radius 1 is 1.06 bits per heavy atom. The third-order valence-electron chi connectivity index (χ3n) is 2.89. The number of amidine groups is 1. The Balaban J connectivity index is 1.88. The molecule has 1 N–H and O–H groups in total. The fourth-order valence-electron chi connectivity index (χ4n) is 1.98. The van der Waals surface area contributed by atoms with Gasteiger partial charge in [-0.2, -0.15) is 0 Å². The molecule has 0 aliphatic carbocycles. The summed E-state index contributed by atoms with van der Waals surface area (Å²) in [6.45, 7) is 2.06. The van der Waals surface area contributed by atoms with Gasteiger partial charge in [0.25, 0.3) is 0 Å². The van der Waals surface area contributed by atoms with Crippen molar-refractivity contribution in [2.75, 3.05) is 0 Å². The van der Waals surface area contributed by atoms with Gasteiger partial charge in [0.15, 0.2) is 0 Å². The van der Waals surface area contributed by atoms with Gasteiger partial charge in [0.1, 0.15) is 5.84 Å². The molecule has 4 heteroatoms. The average molecular weight is 236 g/mol. The maximum Gasteiger partial charge on any atom is 0.496 e. The lowest BCUT2D eigenvalue weighted by atomic mass is 9.74. The van der Waals surface area contributed by atoms with Gasteiger partial charge in [-0.1, -0.05) is 60.2 Å². The smallest absolute Gasteiger partial charge is 0.300 e. The van der Waals surface area contributed by atoms with Crippen LogP contribution in [0.3, 0.4) is 0 Å². The highest BCUT2D eigenvalue weighted by Crippen LogP contribution is 2.06. The Morgan fingerprint density at radius 3 is 2.67 bits per heavy atom. The number of nitrogens with one attached hydrogen (secondary N) is 1. The van der Waals surface area contributed by atoms with Crippen molar-refractivity contribution in [1.29, 1.82) is 0 Å². The first-order chi connectivity index (χ1) is 8.83. The molecule has 18 heavy (non-hydrogen) atoms. The molecular weight excluding hydrogens is 223 g/mol. The van der Waals surface area contributed by atoms with Crippen molar-refractivity contribution in [3.05, 3.63) is 65.7 Å². The zero-order valence-corrected chi connectivity index (χ0v) is 10.1. The molecule has 1 aliphatic rings. The van der Waals surface area contributed by atoms with Crippen LogP contribution < -0.4 is 10.9 Å². The second kappa shape index (κ2) is 4.66. The van der Waals surface area contributed by atoms with Crippen molar-refractivity contribution in [3.63, 3.8) is 0 Å². The minimum absolute atomic E-state index is 0.264. The van der Waals surface area contributed by atoms with Gasteiger partial charge in [-0.3, -0.25) is 15.1 Å². The largest absolute Gasteiger partial charge is 0.496 e. The van der Waals surface area contributed by atoms with E-state index in [1.165, 1.54) is 5.56 Å². The molecule has 0 amide bonds. The van der Waals surface area contributed by atoms with Crippen LogP contribution in [-0.2, 0) is 4.76 Å². The minimum Gasteiger partial charge on any atom is -0.300 e. The van der Waals surface area contributed by atoms with Crippen LogP contribution in [0.5, 0.6) is 0 Å². The van der Waals surface area contributed by atoms with E-state index < -0.39 is 0 Å². The summed E-state index contributed by atoms with van der Waals surface area (Å²) in [5.74, 6) is 0.780. The number of hydrogen-bond acceptors (Lipinski definition) is 3. The summed E-state index contributed by atoms with van der Waals surface area (Å²) >= 11 is 0. The maximum absolute atomic E-state index is 5.51. The van der Waals surface area contributed by atoms with Crippen molar-refractivity contribution in [1.82, 2.24) is 5.48 Å². The molecule has 1 aliphatic heterocycles. The van der Waals surface area contributed by atoms with E-state index in [2.05, 4.69) is 29.4 Å². The average Bonchev–Trinajstić information content (AvgIpc) is 2.89. The summed E-state index contributed by atoms with van der Waals surface area (Å²) in [4.78, 5) is 4.55. The van der Waals surface area contributed by atoms with Gasteiger partial charge in [0.05, 0.1) is 0 Å². The molecule has 0 unspecified atom stereocenters. The fourth-order valence-corrected chi connectivity index (χ4v) is 1.98. The van der Waals surface area contributed by atoms with Crippen LogP contribution in [0.2, 0.25) is 0 Å². The molecule has 0 spiro atoms. The summed E-state index contributed by atoms with van der Waals surface area (Å²) < 4.78 is 5.51. The Kier molecular flexibility index (Phi) is 2.86. The van der Waals surface area contributed by atoms with Gasteiger partial charge in [0.2, 0.25) is 0 Å². The molecule has 0 fully saturated rings. The van der Waals surface area contributed by atoms with Gasteiger partial charge >= 0.3 is 7.05 Å². The van der Waals surface area contributed by atoms with E-state index in [0.717, 1.165) is 16.9 Å². The van der Waals surface area contributed by atoms with Gasteiger partial charge in [-0.05, 0) is 12.4 Å². The van der Waals surface area contributed by atoms with Crippen molar-refractivity contribution < 1.29 is 4.76 Å². The maximum atomic E-state index is 5.51. The molecule has 0 atom stereocenters. The predicted octanol–water partition coefficient (Wildman–Crippen LogP) is 1.67. The lowest BCUT2D eigenvalue weighted by Gasteiger charge is -2.02. The zero-order chi connectivity index (χ0) is 12.4. The van der Waals surface area contributed by atoms with E-state index in [4.69, 9.17) is 4.76 Å². The van der Waals surface area contributed by atoms with Crippen LogP contribution in [-0.4, -0.2) is 12.9 Å². The summed E-state index contributed by atoms with van der Waals surface area (Å²) in [5.41, 5.74) is 6.20. The number of nitrogens with zero attached hydrogens (tertiary/aromatic N) is 1. The van der Waals surface area contributed by atoms with Crippen LogP contribution in [0.1, 0.15) is 11.1 Å². The van der Waals surface area contributed by atoms with Gasteiger partial charge in [0, 0.05) is 5.56 Å². The number of benzene rings is 2. The first-order valence-electron chi connectivity index (χ1n) is 5.94. The third-order valence-corrected chi connectivity index (χ3v) is 2.89. The minimum atomic E-state index is -0.264. The SMILES string of the molecule is Cc1cccc(B2N=C(c3ccccc3)NO2)c1. The standard InChI is InChI=1S/C14H13BN2O/c1-11-6-5-9-13(10-11)15-16-14(17-18-15)12-7-3-2-4-8-12/h2-10H,1H3,(H,16,17). The van der Waals surface area contributed by atoms with Crippen LogP contribution in [0.4, 0.5) is 0 Å². The van der Waals surface area contributed by atoms with Gasteiger partial charge < -0.3 is 0 Å². The van der Waals surface area contributed by atoms with E-state index in [1.54, 1.807) is 0 Å². The van der Waals surface area contributed by atoms with Crippen molar-refractivity contribution in [2.24, 2.45) is 4.90 Å². The molecule has 2 aromatic carbocycles. The Labute approximate surface area is 107 Å². The third kappa shape index (κ3) is 2.15. The quantitative estimate of drug-likeness (QED) is 0.804.